The van der Waals surface area contributed by atoms with Gasteiger partial charge in [-0.05, 0) is 114 Å². The number of thiophene rings is 1. The van der Waals surface area contributed by atoms with Crippen molar-refractivity contribution in [1.29, 1.82) is 0 Å². The molecule has 0 N–H and O–H groups in total. The van der Waals surface area contributed by atoms with Gasteiger partial charge in [0.1, 0.15) is 0 Å². The first-order chi connectivity index (χ1) is 32.3. The Labute approximate surface area is 382 Å². The number of anilines is 3. The van der Waals surface area contributed by atoms with E-state index in [0.717, 1.165) is 17.1 Å². The van der Waals surface area contributed by atoms with E-state index in [1.54, 1.807) is 0 Å². The number of hydrogen-bond donors (Lipinski definition) is 0. The van der Waals surface area contributed by atoms with Crippen LogP contribution >= 0.6 is 11.3 Å². The molecule has 0 bridgehead atoms. The summed E-state index contributed by atoms with van der Waals surface area (Å²) in [5.41, 5.74) is 15.3. The molecule has 2 heteroatoms. The molecule has 1 heterocycles. The van der Waals surface area contributed by atoms with Gasteiger partial charge < -0.3 is 4.90 Å². The lowest BCUT2D eigenvalue weighted by molar-refractivity contribution is 0.768. The average Bonchev–Trinajstić information content (AvgIpc) is 3.91. The van der Waals surface area contributed by atoms with Crippen LogP contribution in [-0.2, 0) is 5.41 Å². The quantitative estimate of drug-likeness (QED) is 0.154. The van der Waals surface area contributed by atoms with Crippen LogP contribution < -0.4 is 4.90 Å². The molecular weight excluding hydrogens is 803 g/mol. The van der Waals surface area contributed by atoms with Gasteiger partial charge in [-0.2, -0.15) is 0 Å². The highest BCUT2D eigenvalue weighted by Crippen LogP contribution is 2.59. The van der Waals surface area contributed by atoms with E-state index in [1.807, 2.05) is 11.3 Å². The number of hydrogen-bond acceptors (Lipinski definition) is 2. The molecule has 13 rings (SSSR count). The highest BCUT2D eigenvalue weighted by atomic mass is 32.1. The Hall–Kier alpha value is -8.04. The third-order valence-electron chi connectivity index (χ3n) is 13.7. The normalized spacial score (nSPS) is 12.7. The lowest BCUT2D eigenvalue weighted by Crippen LogP contribution is -2.28. The summed E-state index contributed by atoms with van der Waals surface area (Å²) in [6.07, 6.45) is 0. The van der Waals surface area contributed by atoms with Crippen molar-refractivity contribution >= 4 is 70.1 Å². The van der Waals surface area contributed by atoms with Gasteiger partial charge in [-0.1, -0.05) is 206 Å². The molecule has 0 saturated carbocycles. The van der Waals surface area contributed by atoms with Crippen LogP contribution in [-0.4, -0.2) is 0 Å². The second-order valence-electron chi connectivity index (χ2n) is 17.1. The Morgan fingerprint density at radius 1 is 0.338 bits per heavy atom. The van der Waals surface area contributed by atoms with Gasteiger partial charge in [-0.15, -0.1) is 11.3 Å². The van der Waals surface area contributed by atoms with Crippen LogP contribution in [0.3, 0.4) is 0 Å². The minimum absolute atomic E-state index is 0.517. The molecule has 12 aromatic rings. The van der Waals surface area contributed by atoms with Crippen molar-refractivity contribution in [3.05, 3.63) is 271 Å². The van der Waals surface area contributed by atoms with Gasteiger partial charge in [0.2, 0.25) is 0 Å². The second-order valence-corrected chi connectivity index (χ2v) is 18.2. The lowest BCUT2D eigenvalue weighted by atomic mass is 9.68. The summed E-state index contributed by atoms with van der Waals surface area (Å²) >= 11 is 1.88. The highest BCUT2D eigenvalue weighted by molar-refractivity contribution is 7.26. The third-order valence-corrected chi connectivity index (χ3v) is 14.9. The van der Waals surface area contributed by atoms with Gasteiger partial charge in [0.25, 0.3) is 0 Å². The zero-order chi connectivity index (χ0) is 42.9. The zero-order valence-electron chi connectivity index (χ0n) is 35.5. The van der Waals surface area contributed by atoms with Crippen LogP contribution in [0.2, 0.25) is 0 Å². The van der Waals surface area contributed by atoms with E-state index in [-0.39, 0.29) is 0 Å². The van der Waals surface area contributed by atoms with Gasteiger partial charge in [0, 0.05) is 37.1 Å². The first kappa shape index (κ1) is 37.5. The van der Waals surface area contributed by atoms with Gasteiger partial charge in [-0.25, -0.2) is 0 Å². The van der Waals surface area contributed by atoms with E-state index >= 15 is 0 Å². The molecule has 1 aliphatic rings. The molecule has 0 saturated heterocycles. The second kappa shape index (κ2) is 15.1. The van der Waals surface area contributed by atoms with Crippen LogP contribution in [0.25, 0.3) is 75.1 Å². The molecule has 0 unspecified atom stereocenters. The first-order valence-electron chi connectivity index (χ1n) is 22.4. The minimum Gasteiger partial charge on any atom is -0.310 e. The minimum atomic E-state index is -0.517. The molecule has 1 nitrogen and oxygen atoms in total. The predicted octanol–water partition coefficient (Wildman–Crippen LogP) is 17.5. The molecule has 0 atom stereocenters. The molecular formula is C63H41NS. The Kier molecular flexibility index (Phi) is 8.69. The molecule has 11 aromatic carbocycles. The third kappa shape index (κ3) is 5.78. The molecule has 1 aromatic heterocycles. The fraction of sp³-hybridized carbons (Fsp3) is 0.0159. The predicted molar refractivity (Wildman–Crippen MR) is 277 cm³/mol. The summed E-state index contributed by atoms with van der Waals surface area (Å²) in [5, 5.41) is 7.65. The van der Waals surface area contributed by atoms with Crippen molar-refractivity contribution in [2.75, 3.05) is 4.90 Å². The van der Waals surface area contributed by atoms with Crippen LogP contribution in [0, 0.1) is 0 Å². The highest BCUT2D eigenvalue weighted by Gasteiger charge is 2.47. The fourth-order valence-corrected chi connectivity index (χ4v) is 12.1. The van der Waals surface area contributed by atoms with E-state index in [1.165, 1.54) is 97.4 Å². The monoisotopic (exact) mass is 843 g/mol. The van der Waals surface area contributed by atoms with Gasteiger partial charge >= 0.3 is 0 Å². The summed E-state index contributed by atoms with van der Waals surface area (Å²) in [4.78, 5) is 2.51. The summed E-state index contributed by atoms with van der Waals surface area (Å²) in [6, 6.07) is 92.1. The molecule has 65 heavy (non-hydrogen) atoms. The van der Waals surface area contributed by atoms with Crippen LogP contribution in [0.4, 0.5) is 17.1 Å². The van der Waals surface area contributed by atoms with Crippen molar-refractivity contribution in [2.24, 2.45) is 0 Å². The smallest absolute Gasteiger partial charge is 0.0714 e. The molecule has 0 aliphatic heterocycles. The summed E-state index contributed by atoms with van der Waals surface area (Å²) in [6.45, 7) is 0. The Morgan fingerprint density at radius 3 is 1.63 bits per heavy atom. The molecule has 1 aliphatic carbocycles. The lowest BCUT2D eigenvalue weighted by Gasteiger charge is -2.34. The van der Waals surface area contributed by atoms with Crippen molar-refractivity contribution in [3.63, 3.8) is 0 Å². The molecule has 304 valence electrons. The Bertz CT molecular complexity index is 3710. The van der Waals surface area contributed by atoms with E-state index in [2.05, 4.69) is 254 Å². The maximum atomic E-state index is 2.51. The first-order valence-corrected chi connectivity index (χ1v) is 23.2. The van der Waals surface area contributed by atoms with Crippen LogP contribution in [0.1, 0.15) is 22.3 Å². The molecule has 0 radical (unpaired) electrons. The summed E-state index contributed by atoms with van der Waals surface area (Å²) in [7, 11) is 0. The Morgan fingerprint density at radius 2 is 0.892 bits per heavy atom. The van der Waals surface area contributed by atoms with Crippen LogP contribution in [0.5, 0.6) is 0 Å². The van der Waals surface area contributed by atoms with Gasteiger partial charge in [-0.3, -0.25) is 0 Å². The van der Waals surface area contributed by atoms with Crippen molar-refractivity contribution < 1.29 is 0 Å². The van der Waals surface area contributed by atoms with Crippen molar-refractivity contribution in [1.82, 2.24) is 0 Å². The van der Waals surface area contributed by atoms with Crippen molar-refractivity contribution in [2.45, 2.75) is 5.41 Å². The molecule has 0 fully saturated rings. The number of fused-ring (bicyclic) bond motifs is 9. The SMILES string of the molecule is c1ccc(-c2cccc3cccc(-c4ccc(N(c5ccc6sc7ccc8ccccc8c7c6c5)c5cccc6c5-c5ccccc5C6(c5ccccc5)c5ccccc5)cc4)c23)cc1. The number of rotatable bonds is 7. The van der Waals surface area contributed by atoms with E-state index in [4.69, 9.17) is 0 Å². The van der Waals surface area contributed by atoms with Crippen LogP contribution in [0.15, 0.2) is 249 Å². The van der Waals surface area contributed by atoms with E-state index in [0.29, 0.717) is 0 Å². The number of benzene rings is 11. The fourth-order valence-electron chi connectivity index (χ4n) is 11.0. The largest absolute Gasteiger partial charge is 0.310 e. The molecule has 0 spiro atoms. The maximum absolute atomic E-state index is 2.51. The van der Waals surface area contributed by atoms with E-state index in [9.17, 15) is 0 Å². The summed E-state index contributed by atoms with van der Waals surface area (Å²) < 4.78 is 2.60. The average molecular weight is 844 g/mol. The summed E-state index contributed by atoms with van der Waals surface area (Å²) in [5.74, 6) is 0. The van der Waals surface area contributed by atoms with Gasteiger partial charge in [0.15, 0.2) is 0 Å². The van der Waals surface area contributed by atoms with E-state index < -0.39 is 5.41 Å². The zero-order valence-corrected chi connectivity index (χ0v) is 36.3. The number of nitrogens with zero attached hydrogens (tertiary/aromatic N) is 1. The van der Waals surface area contributed by atoms with Gasteiger partial charge in [0.05, 0.1) is 11.1 Å². The topological polar surface area (TPSA) is 3.24 Å². The maximum Gasteiger partial charge on any atom is 0.0714 e. The van der Waals surface area contributed by atoms with Crippen molar-refractivity contribution in [3.8, 4) is 33.4 Å². The Balaban J connectivity index is 1.07. The standard InChI is InChI=1S/C63H41NS/c1-4-17-42(18-5-1)50-28-14-20-45-21-15-29-51(60(45)50)44-33-36-48(37-34-44)64(49-38-40-58-54(41-49)61-52-26-11-10-19-43(52)35-39-59(61)65-58)57-32-16-31-56-62(57)53-27-12-13-30-55(53)63(56,46-22-6-2-7-23-46)47-24-8-3-9-25-47/h1-41H. The molecule has 0 amide bonds.